The number of fused-ring (bicyclic) bond motifs is 1. The van der Waals surface area contributed by atoms with Gasteiger partial charge < -0.3 is 15.1 Å². The third kappa shape index (κ3) is 6.00. The molecule has 4 fully saturated rings. The summed E-state index contributed by atoms with van der Waals surface area (Å²) >= 11 is 0. The number of hydrogen-bond donors (Lipinski definition) is 1. The van der Waals surface area contributed by atoms with Crippen molar-refractivity contribution in [3.05, 3.63) is 29.8 Å². The zero-order valence-electron chi connectivity index (χ0n) is 23.3. The second kappa shape index (κ2) is 10.8. The van der Waals surface area contributed by atoms with Gasteiger partial charge in [0.1, 0.15) is 6.04 Å². The predicted octanol–water partition coefficient (Wildman–Crippen LogP) is 0.857. The highest BCUT2D eigenvalue weighted by molar-refractivity contribution is 7.90. The van der Waals surface area contributed by atoms with Crippen molar-refractivity contribution in [2.24, 2.45) is 0 Å². The maximum absolute atomic E-state index is 13.5. The summed E-state index contributed by atoms with van der Waals surface area (Å²) in [5.74, 6) is 0.147. The van der Waals surface area contributed by atoms with E-state index >= 15 is 0 Å². The number of hydrogen-bond acceptors (Lipinski definition) is 7. The Balaban J connectivity index is 1.16. The quantitative estimate of drug-likeness (QED) is 0.570. The molecule has 0 aliphatic carbocycles. The van der Waals surface area contributed by atoms with E-state index in [0.29, 0.717) is 49.7 Å². The number of sulfone groups is 1. The summed E-state index contributed by atoms with van der Waals surface area (Å²) in [4.78, 5) is 47.2. The molecule has 10 nitrogen and oxygen atoms in total. The molecule has 2 atom stereocenters. The molecule has 0 bridgehead atoms. The van der Waals surface area contributed by atoms with Crippen LogP contribution in [0.2, 0.25) is 0 Å². The van der Waals surface area contributed by atoms with Crippen LogP contribution in [-0.2, 0) is 30.8 Å². The first kappa shape index (κ1) is 28.0. The Kier molecular flexibility index (Phi) is 7.78. The molecule has 1 N–H and O–H groups in total. The van der Waals surface area contributed by atoms with E-state index in [1.807, 2.05) is 21.9 Å². The van der Waals surface area contributed by atoms with Crippen LogP contribution in [0.4, 0.5) is 0 Å². The van der Waals surface area contributed by atoms with Gasteiger partial charge in [-0.2, -0.15) is 0 Å². The maximum atomic E-state index is 13.5. The highest BCUT2D eigenvalue weighted by Gasteiger charge is 2.50. The van der Waals surface area contributed by atoms with E-state index in [2.05, 4.69) is 22.2 Å². The molecule has 4 aliphatic heterocycles. The normalized spacial score (nSPS) is 26.6. The van der Waals surface area contributed by atoms with E-state index in [9.17, 15) is 22.8 Å². The molecule has 11 heteroatoms. The lowest BCUT2D eigenvalue weighted by Crippen LogP contribution is -2.56. The van der Waals surface area contributed by atoms with Crippen LogP contribution in [0, 0.1) is 0 Å². The van der Waals surface area contributed by atoms with Gasteiger partial charge in [0.25, 0.3) is 0 Å². The number of likely N-dealkylation sites (N-methyl/N-ethyl adjacent to an activating group) is 1. The number of piperidine rings is 2. The second-order valence-corrected chi connectivity index (χ2v) is 14.0. The molecule has 0 radical (unpaired) electrons. The largest absolute Gasteiger partial charge is 0.348 e. The van der Waals surface area contributed by atoms with Crippen LogP contribution < -0.4 is 5.32 Å². The minimum absolute atomic E-state index is 0.0343. The van der Waals surface area contributed by atoms with Gasteiger partial charge in [-0.1, -0.05) is 12.1 Å². The number of rotatable bonds is 5. The molecule has 4 heterocycles. The van der Waals surface area contributed by atoms with Crippen molar-refractivity contribution >= 4 is 27.6 Å². The Morgan fingerprint density at radius 3 is 2.28 bits per heavy atom. The number of benzene rings is 1. The molecule has 214 valence electrons. The van der Waals surface area contributed by atoms with Crippen LogP contribution in [0.5, 0.6) is 0 Å². The molecule has 1 spiro atoms. The average Bonchev–Trinajstić information content (AvgIpc) is 3.32. The first-order valence-corrected chi connectivity index (χ1v) is 15.9. The lowest BCUT2D eigenvalue weighted by Gasteiger charge is -2.41. The van der Waals surface area contributed by atoms with E-state index < -0.39 is 21.4 Å². The van der Waals surface area contributed by atoms with E-state index in [-0.39, 0.29) is 23.8 Å². The topological polar surface area (TPSA) is 110 Å². The molecule has 0 aromatic heterocycles. The summed E-state index contributed by atoms with van der Waals surface area (Å²) in [6, 6.07) is 7.07. The Labute approximate surface area is 231 Å². The fourth-order valence-corrected chi connectivity index (χ4v) is 7.47. The van der Waals surface area contributed by atoms with Gasteiger partial charge in [0.15, 0.2) is 9.84 Å². The van der Waals surface area contributed by atoms with Gasteiger partial charge in [-0.25, -0.2) is 8.42 Å². The first-order valence-electron chi connectivity index (χ1n) is 14.0. The van der Waals surface area contributed by atoms with E-state index in [1.165, 1.54) is 6.26 Å². The Bertz CT molecular complexity index is 1180. The van der Waals surface area contributed by atoms with E-state index in [0.717, 1.165) is 44.6 Å². The number of likely N-dealkylation sites (tertiary alicyclic amines) is 2. The maximum Gasteiger partial charge on any atom is 0.243 e. The van der Waals surface area contributed by atoms with E-state index in [1.54, 1.807) is 19.1 Å². The summed E-state index contributed by atoms with van der Waals surface area (Å²) in [5, 5.41) is 3.30. The smallest absolute Gasteiger partial charge is 0.243 e. The third-order valence-electron chi connectivity index (χ3n) is 9.41. The fourth-order valence-electron chi connectivity index (χ4n) is 6.84. The SMILES string of the molecule is CC(=O)N1CCC(N(C)[C@H]2C[C@H]3C(=O)NC4(CCN(Cc5ccc(S(C)(=O)=O)cc5)CC4)CC(=O)N3C2)CC1. The van der Waals surface area contributed by atoms with Gasteiger partial charge in [0, 0.05) is 64.5 Å². The molecule has 4 aliphatic rings. The molecule has 1 aromatic rings. The Morgan fingerprint density at radius 2 is 1.69 bits per heavy atom. The van der Waals surface area contributed by atoms with Crippen molar-refractivity contribution in [3.8, 4) is 0 Å². The fraction of sp³-hybridized carbons (Fsp3) is 0.679. The number of amides is 3. The first-order chi connectivity index (χ1) is 18.4. The standard InChI is InChI=1S/C28H41N5O5S/c1-20(34)32-12-8-22(9-13-32)30(2)23-16-25-27(36)29-28(17-26(35)33(25)19-23)10-14-31(15-11-28)18-21-4-6-24(7-5-21)39(3,37)38/h4-7,22-23,25H,8-19H2,1-3H3,(H,29,36)/t23-,25-/m0/s1. The van der Waals surface area contributed by atoms with Gasteiger partial charge in [-0.3, -0.25) is 24.2 Å². The van der Waals surface area contributed by atoms with Crippen molar-refractivity contribution in [1.29, 1.82) is 0 Å². The molecule has 1 aromatic carbocycles. The van der Waals surface area contributed by atoms with Crippen LogP contribution in [0.1, 0.15) is 51.0 Å². The highest BCUT2D eigenvalue weighted by Crippen LogP contribution is 2.34. The Hall–Kier alpha value is -2.50. The third-order valence-corrected chi connectivity index (χ3v) is 10.5. The monoisotopic (exact) mass is 559 g/mol. The zero-order chi connectivity index (χ0) is 27.9. The lowest BCUT2D eigenvalue weighted by atomic mass is 9.84. The summed E-state index contributed by atoms with van der Waals surface area (Å²) < 4.78 is 23.4. The lowest BCUT2D eigenvalue weighted by molar-refractivity contribution is -0.136. The molecular weight excluding hydrogens is 518 g/mol. The van der Waals surface area contributed by atoms with Gasteiger partial charge >= 0.3 is 0 Å². The predicted molar refractivity (Wildman–Crippen MR) is 146 cm³/mol. The summed E-state index contributed by atoms with van der Waals surface area (Å²) in [5.41, 5.74) is 0.540. The second-order valence-electron chi connectivity index (χ2n) is 12.0. The van der Waals surface area contributed by atoms with Crippen LogP contribution in [0.3, 0.4) is 0 Å². The molecule has 3 amide bonds. The molecule has 4 saturated heterocycles. The van der Waals surface area contributed by atoms with Crippen molar-refractivity contribution in [2.45, 2.75) is 80.6 Å². The van der Waals surface area contributed by atoms with Crippen molar-refractivity contribution < 1.29 is 22.8 Å². The van der Waals surface area contributed by atoms with Gasteiger partial charge in [0.05, 0.1) is 16.9 Å². The molecule has 39 heavy (non-hydrogen) atoms. The summed E-state index contributed by atoms with van der Waals surface area (Å²) in [6.07, 6.45) is 5.44. The van der Waals surface area contributed by atoms with Crippen LogP contribution in [0.25, 0.3) is 0 Å². The van der Waals surface area contributed by atoms with Crippen LogP contribution in [-0.4, -0.2) is 115 Å². The van der Waals surface area contributed by atoms with Gasteiger partial charge in [-0.15, -0.1) is 0 Å². The van der Waals surface area contributed by atoms with Crippen LogP contribution >= 0.6 is 0 Å². The zero-order valence-corrected chi connectivity index (χ0v) is 24.1. The molecule has 5 rings (SSSR count). The van der Waals surface area contributed by atoms with Gasteiger partial charge in [0.2, 0.25) is 17.7 Å². The number of nitrogens with zero attached hydrogens (tertiary/aromatic N) is 4. The minimum Gasteiger partial charge on any atom is -0.348 e. The van der Waals surface area contributed by atoms with Crippen molar-refractivity contribution in [1.82, 2.24) is 24.9 Å². The number of nitrogens with one attached hydrogen (secondary N) is 1. The minimum atomic E-state index is -3.22. The van der Waals surface area contributed by atoms with E-state index in [4.69, 9.17) is 0 Å². The Morgan fingerprint density at radius 1 is 1.05 bits per heavy atom. The van der Waals surface area contributed by atoms with Crippen LogP contribution in [0.15, 0.2) is 29.2 Å². The molecule has 0 saturated carbocycles. The van der Waals surface area contributed by atoms with Gasteiger partial charge in [-0.05, 0) is 56.8 Å². The number of carbonyl (C=O) groups is 3. The molecule has 0 unspecified atom stereocenters. The highest BCUT2D eigenvalue weighted by atomic mass is 32.2. The average molecular weight is 560 g/mol. The summed E-state index contributed by atoms with van der Waals surface area (Å²) in [6.45, 7) is 5.93. The molecular formula is C28H41N5O5S. The van der Waals surface area contributed by atoms with Crippen molar-refractivity contribution in [3.63, 3.8) is 0 Å². The number of carbonyl (C=O) groups excluding carboxylic acids is 3. The summed E-state index contributed by atoms with van der Waals surface area (Å²) in [7, 11) is -1.12. The van der Waals surface area contributed by atoms with Crippen molar-refractivity contribution in [2.75, 3.05) is 46.0 Å².